The minimum atomic E-state index is 0.661. The summed E-state index contributed by atoms with van der Waals surface area (Å²) in [6, 6.07) is 7.74. The summed E-state index contributed by atoms with van der Waals surface area (Å²) in [6.07, 6.45) is 0. The fraction of sp³-hybridized carbons (Fsp3) is 0.222. The number of benzene rings is 1. The third-order valence-corrected chi connectivity index (χ3v) is 2.16. The lowest BCUT2D eigenvalue weighted by atomic mass is 10.2. The third kappa shape index (κ3) is 1.99. The van der Waals surface area contributed by atoms with Crippen molar-refractivity contribution in [3.63, 3.8) is 0 Å². The normalized spacial score (nSPS) is 9.08. The molecule has 3 heteroatoms. The number of nitrogens with zero attached hydrogens (tertiary/aromatic N) is 1. The molecule has 0 aliphatic heterocycles. The highest BCUT2D eigenvalue weighted by Crippen LogP contribution is 2.19. The van der Waals surface area contributed by atoms with Crippen LogP contribution in [-0.4, -0.2) is 6.54 Å². The van der Waals surface area contributed by atoms with Gasteiger partial charge in [-0.1, -0.05) is 0 Å². The average molecular weight is 225 g/mol. The predicted molar refractivity (Wildman–Crippen MR) is 53.0 cm³/mol. The van der Waals surface area contributed by atoms with E-state index in [-0.39, 0.29) is 0 Å². The smallest absolute Gasteiger partial charge is 0.100 e. The predicted octanol–water partition coefficient (Wildman–Crippen LogP) is 2.75. The molecule has 0 unspecified atom stereocenters. The zero-order valence-electron chi connectivity index (χ0n) is 6.76. The summed E-state index contributed by atoms with van der Waals surface area (Å²) in [5.41, 5.74) is 1.64. The first kappa shape index (κ1) is 9.08. The molecule has 0 aliphatic rings. The van der Waals surface area contributed by atoms with Gasteiger partial charge < -0.3 is 5.32 Å². The molecule has 12 heavy (non-hydrogen) atoms. The summed E-state index contributed by atoms with van der Waals surface area (Å²) in [6.45, 7) is 2.89. The molecular formula is C9H9BrN2. The summed E-state index contributed by atoms with van der Waals surface area (Å²) in [5, 5.41) is 11.8. The Bertz CT molecular complexity index is 315. The highest BCUT2D eigenvalue weighted by Gasteiger charge is 1.98. The van der Waals surface area contributed by atoms with Gasteiger partial charge in [-0.3, -0.25) is 0 Å². The molecule has 0 aromatic heterocycles. The SMILES string of the molecule is CCNc1ccc(Br)c(C#N)c1. The first-order valence-corrected chi connectivity index (χ1v) is 4.50. The van der Waals surface area contributed by atoms with Gasteiger partial charge in [-0.25, -0.2) is 0 Å². The molecule has 62 valence electrons. The van der Waals surface area contributed by atoms with Crippen LogP contribution in [0.25, 0.3) is 0 Å². The number of anilines is 1. The molecule has 1 rings (SSSR count). The molecule has 0 amide bonds. The van der Waals surface area contributed by atoms with Crippen molar-refractivity contribution in [3.05, 3.63) is 28.2 Å². The molecule has 0 saturated carbocycles. The lowest BCUT2D eigenvalue weighted by Gasteiger charge is -2.03. The monoisotopic (exact) mass is 224 g/mol. The van der Waals surface area contributed by atoms with Gasteiger partial charge >= 0.3 is 0 Å². The van der Waals surface area contributed by atoms with E-state index >= 15 is 0 Å². The molecule has 0 bridgehead atoms. The third-order valence-electron chi connectivity index (χ3n) is 1.47. The molecule has 0 aliphatic carbocycles. The van der Waals surface area contributed by atoms with Crippen LogP contribution in [0, 0.1) is 11.3 Å². The standard InChI is InChI=1S/C9H9BrN2/c1-2-12-8-3-4-9(10)7(5-8)6-11/h3-5,12H,2H2,1H3. The Hall–Kier alpha value is -1.01. The minimum Gasteiger partial charge on any atom is -0.385 e. The second-order valence-electron chi connectivity index (χ2n) is 2.34. The van der Waals surface area contributed by atoms with Gasteiger partial charge in [0.1, 0.15) is 6.07 Å². The van der Waals surface area contributed by atoms with Crippen LogP contribution in [0.1, 0.15) is 12.5 Å². The molecule has 1 aromatic rings. The van der Waals surface area contributed by atoms with Crippen molar-refractivity contribution in [3.8, 4) is 6.07 Å². The highest BCUT2D eigenvalue weighted by molar-refractivity contribution is 9.10. The summed E-state index contributed by atoms with van der Waals surface area (Å²) in [5.74, 6) is 0. The summed E-state index contributed by atoms with van der Waals surface area (Å²) >= 11 is 3.29. The fourth-order valence-electron chi connectivity index (χ4n) is 0.925. The molecule has 0 atom stereocenters. The number of hydrogen-bond donors (Lipinski definition) is 1. The lowest BCUT2D eigenvalue weighted by Crippen LogP contribution is -1.96. The van der Waals surface area contributed by atoms with Crippen molar-refractivity contribution in [2.24, 2.45) is 0 Å². The van der Waals surface area contributed by atoms with Crippen LogP contribution in [0.5, 0.6) is 0 Å². The topological polar surface area (TPSA) is 35.8 Å². The van der Waals surface area contributed by atoms with E-state index in [0.717, 1.165) is 16.7 Å². The quantitative estimate of drug-likeness (QED) is 0.839. The van der Waals surface area contributed by atoms with Gasteiger partial charge in [0.25, 0.3) is 0 Å². The van der Waals surface area contributed by atoms with Crippen molar-refractivity contribution >= 4 is 21.6 Å². The Morgan fingerprint density at radius 2 is 2.33 bits per heavy atom. The van der Waals surface area contributed by atoms with Crippen LogP contribution < -0.4 is 5.32 Å². The van der Waals surface area contributed by atoms with E-state index in [1.165, 1.54) is 0 Å². The van der Waals surface area contributed by atoms with Crippen molar-refractivity contribution in [2.75, 3.05) is 11.9 Å². The van der Waals surface area contributed by atoms with Gasteiger partial charge in [0.05, 0.1) is 5.56 Å². The van der Waals surface area contributed by atoms with Crippen LogP contribution in [0.15, 0.2) is 22.7 Å². The van der Waals surface area contributed by atoms with Crippen molar-refractivity contribution in [1.82, 2.24) is 0 Å². The number of rotatable bonds is 2. The zero-order valence-corrected chi connectivity index (χ0v) is 8.35. The van der Waals surface area contributed by atoms with E-state index in [1.807, 2.05) is 25.1 Å². The van der Waals surface area contributed by atoms with E-state index < -0.39 is 0 Å². The fourth-order valence-corrected chi connectivity index (χ4v) is 1.26. The number of nitrogens with one attached hydrogen (secondary N) is 1. The summed E-state index contributed by atoms with van der Waals surface area (Å²) in [4.78, 5) is 0. The van der Waals surface area contributed by atoms with Crippen LogP contribution in [0.4, 0.5) is 5.69 Å². The van der Waals surface area contributed by atoms with Gasteiger partial charge in [-0.2, -0.15) is 5.26 Å². The average Bonchev–Trinajstić information content (AvgIpc) is 2.09. The molecule has 0 fully saturated rings. The van der Waals surface area contributed by atoms with Gasteiger partial charge in [0.2, 0.25) is 0 Å². The van der Waals surface area contributed by atoms with Gasteiger partial charge in [0.15, 0.2) is 0 Å². The first-order chi connectivity index (χ1) is 5.77. The van der Waals surface area contributed by atoms with E-state index in [9.17, 15) is 0 Å². The molecule has 0 spiro atoms. The van der Waals surface area contributed by atoms with Crippen LogP contribution in [0.2, 0.25) is 0 Å². The van der Waals surface area contributed by atoms with Gasteiger partial charge in [-0.15, -0.1) is 0 Å². The Morgan fingerprint density at radius 3 is 2.92 bits per heavy atom. The Labute approximate surface area is 80.3 Å². The summed E-state index contributed by atoms with van der Waals surface area (Å²) in [7, 11) is 0. The number of halogens is 1. The summed E-state index contributed by atoms with van der Waals surface area (Å²) < 4.78 is 0.839. The molecule has 2 nitrogen and oxygen atoms in total. The second kappa shape index (κ2) is 4.13. The first-order valence-electron chi connectivity index (χ1n) is 3.71. The molecule has 1 aromatic carbocycles. The molecule has 0 heterocycles. The van der Waals surface area contributed by atoms with E-state index in [1.54, 1.807) is 0 Å². The lowest BCUT2D eigenvalue weighted by molar-refractivity contribution is 1.21. The van der Waals surface area contributed by atoms with Crippen molar-refractivity contribution in [2.45, 2.75) is 6.92 Å². The van der Waals surface area contributed by atoms with Crippen molar-refractivity contribution < 1.29 is 0 Å². The maximum Gasteiger partial charge on any atom is 0.100 e. The Kier molecular flexibility index (Phi) is 3.12. The maximum atomic E-state index is 8.70. The van der Waals surface area contributed by atoms with E-state index in [0.29, 0.717) is 5.56 Å². The highest BCUT2D eigenvalue weighted by atomic mass is 79.9. The van der Waals surface area contributed by atoms with E-state index in [2.05, 4.69) is 27.3 Å². The largest absolute Gasteiger partial charge is 0.385 e. The van der Waals surface area contributed by atoms with Crippen LogP contribution in [0.3, 0.4) is 0 Å². The van der Waals surface area contributed by atoms with Gasteiger partial charge in [-0.05, 0) is 41.1 Å². The number of hydrogen-bond acceptors (Lipinski definition) is 2. The van der Waals surface area contributed by atoms with Crippen LogP contribution >= 0.6 is 15.9 Å². The Balaban J connectivity index is 2.99. The maximum absolute atomic E-state index is 8.70. The molecular weight excluding hydrogens is 216 g/mol. The van der Waals surface area contributed by atoms with Crippen LogP contribution in [-0.2, 0) is 0 Å². The molecule has 0 saturated heterocycles. The minimum absolute atomic E-state index is 0.661. The Morgan fingerprint density at radius 1 is 1.58 bits per heavy atom. The van der Waals surface area contributed by atoms with Crippen molar-refractivity contribution in [1.29, 1.82) is 5.26 Å². The zero-order chi connectivity index (χ0) is 8.97. The van der Waals surface area contributed by atoms with E-state index in [4.69, 9.17) is 5.26 Å². The van der Waals surface area contributed by atoms with Gasteiger partial charge in [0, 0.05) is 16.7 Å². The molecule has 1 N–H and O–H groups in total. The molecule has 0 radical (unpaired) electrons. The second-order valence-corrected chi connectivity index (χ2v) is 3.19. The number of nitriles is 1.